The molecule has 3 heterocycles. The van der Waals surface area contributed by atoms with Crippen molar-refractivity contribution < 1.29 is 9.21 Å². The predicted molar refractivity (Wildman–Crippen MR) is 81.9 cm³/mol. The molecule has 3 rings (SSSR count). The summed E-state index contributed by atoms with van der Waals surface area (Å²) >= 11 is 0. The van der Waals surface area contributed by atoms with E-state index in [0.717, 1.165) is 49.6 Å². The Hall–Kier alpha value is -2.08. The van der Waals surface area contributed by atoms with Gasteiger partial charge in [-0.1, -0.05) is 0 Å². The van der Waals surface area contributed by atoms with E-state index in [4.69, 9.17) is 4.42 Å². The quantitative estimate of drug-likeness (QED) is 0.884. The summed E-state index contributed by atoms with van der Waals surface area (Å²) in [5.74, 6) is 1.11. The Kier molecular flexibility index (Phi) is 4.58. The number of hydrogen-bond donors (Lipinski definition) is 2. The molecule has 22 heavy (non-hydrogen) atoms. The monoisotopic (exact) mass is 302 g/mol. The lowest BCUT2D eigenvalue weighted by Crippen LogP contribution is -2.42. The van der Waals surface area contributed by atoms with Gasteiger partial charge in [0.05, 0.1) is 31.0 Å². The maximum absolute atomic E-state index is 12.3. The van der Waals surface area contributed by atoms with Gasteiger partial charge in [0.25, 0.3) is 0 Å². The molecule has 6 nitrogen and oxygen atoms in total. The number of carbonyl (C=O) groups is 1. The molecular weight excluding hydrogens is 280 g/mol. The molecule has 2 N–H and O–H groups in total. The van der Waals surface area contributed by atoms with Gasteiger partial charge in [-0.25, -0.2) is 0 Å². The standard InChI is InChI=1S/C16H22N4O2/c1-12-8-14(19-18-12)9-17-16(21)13-4-2-6-20(10-13)11-15-5-3-7-22-15/h3,5,7-8,13H,2,4,6,9-11H2,1H3,(H,17,21)(H,18,19). The number of rotatable bonds is 5. The van der Waals surface area contributed by atoms with Crippen molar-refractivity contribution in [2.75, 3.05) is 13.1 Å². The molecule has 0 spiro atoms. The van der Waals surface area contributed by atoms with Gasteiger partial charge in [0.2, 0.25) is 5.91 Å². The first kappa shape index (κ1) is 14.8. The molecule has 1 aliphatic rings. The summed E-state index contributed by atoms with van der Waals surface area (Å²) in [6.45, 7) is 5.01. The van der Waals surface area contributed by atoms with Crippen molar-refractivity contribution in [2.24, 2.45) is 5.92 Å². The number of H-pyrrole nitrogens is 1. The minimum atomic E-state index is 0.0451. The number of hydrogen-bond acceptors (Lipinski definition) is 4. The molecule has 0 aliphatic carbocycles. The van der Waals surface area contributed by atoms with E-state index in [1.807, 2.05) is 25.1 Å². The van der Waals surface area contributed by atoms with E-state index in [2.05, 4.69) is 20.4 Å². The number of likely N-dealkylation sites (tertiary alicyclic amines) is 1. The van der Waals surface area contributed by atoms with Crippen molar-refractivity contribution in [2.45, 2.75) is 32.9 Å². The van der Waals surface area contributed by atoms with Crippen LogP contribution in [-0.4, -0.2) is 34.1 Å². The van der Waals surface area contributed by atoms with Gasteiger partial charge in [0, 0.05) is 12.2 Å². The van der Waals surface area contributed by atoms with Crippen LogP contribution >= 0.6 is 0 Å². The lowest BCUT2D eigenvalue weighted by molar-refractivity contribution is -0.127. The average Bonchev–Trinajstić information content (AvgIpc) is 3.17. The third-order valence-electron chi connectivity index (χ3n) is 4.04. The molecule has 0 radical (unpaired) electrons. The summed E-state index contributed by atoms with van der Waals surface area (Å²) in [6.07, 6.45) is 3.68. The van der Waals surface area contributed by atoms with Crippen molar-refractivity contribution in [1.29, 1.82) is 0 Å². The Labute approximate surface area is 129 Å². The smallest absolute Gasteiger partial charge is 0.224 e. The minimum Gasteiger partial charge on any atom is -0.468 e. The van der Waals surface area contributed by atoms with Crippen LogP contribution in [0.5, 0.6) is 0 Å². The second kappa shape index (κ2) is 6.79. The molecule has 0 saturated carbocycles. The lowest BCUT2D eigenvalue weighted by atomic mass is 9.97. The molecule has 6 heteroatoms. The number of aryl methyl sites for hydroxylation is 1. The van der Waals surface area contributed by atoms with Gasteiger partial charge in [-0.15, -0.1) is 0 Å². The predicted octanol–water partition coefficient (Wildman–Crippen LogP) is 1.84. The van der Waals surface area contributed by atoms with Crippen molar-refractivity contribution >= 4 is 5.91 Å². The van der Waals surface area contributed by atoms with Crippen LogP contribution in [0, 0.1) is 12.8 Å². The number of aromatic nitrogens is 2. The molecule has 1 amide bonds. The maximum Gasteiger partial charge on any atom is 0.224 e. The number of nitrogens with one attached hydrogen (secondary N) is 2. The van der Waals surface area contributed by atoms with Crippen LogP contribution in [0.1, 0.15) is 30.0 Å². The number of nitrogens with zero attached hydrogens (tertiary/aromatic N) is 2. The van der Waals surface area contributed by atoms with Crippen LogP contribution in [-0.2, 0) is 17.9 Å². The Balaban J connectivity index is 1.49. The van der Waals surface area contributed by atoms with Gasteiger partial charge in [-0.3, -0.25) is 14.8 Å². The first-order valence-electron chi connectivity index (χ1n) is 7.74. The first-order chi connectivity index (χ1) is 10.7. The van der Waals surface area contributed by atoms with Gasteiger partial charge >= 0.3 is 0 Å². The number of amides is 1. The van der Waals surface area contributed by atoms with Gasteiger partial charge < -0.3 is 9.73 Å². The van der Waals surface area contributed by atoms with Gasteiger partial charge in [0.1, 0.15) is 5.76 Å². The highest BCUT2D eigenvalue weighted by Crippen LogP contribution is 2.19. The van der Waals surface area contributed by atoms with Gasteiger partial charge in [-0.05, 0) is 44.5 Å². The van der Waals surface area contributed by atoms with Crippen molar-refractivity contribution in [1.82, 2.24) is 20.4 Å². The molecule has 2 aromatic rings. The highest BCUT2D eigenvalue weighted by Gasteiger charge is 2.26. The molecule has 118 valence electrons. The molecule has 1 atom stereocenters. The Morgan fingerprint density at radius 2 is 2.50 bits per heavy atom. The normalized spacial score (nSPS) is 19.2. The zero-order valence-corrected chi connectivity index (χ0v) is 12.8. The molecule has 1 fully saturated rings. The minimum absolute atomic E-state index is 0.0451. The fourth-order valence-electron chi connectivity index (χ4n) is 2.92. The fraction of sp³-hybridized carbons (Fsp3) is 0.500. The second-order valence-corrected chi connectivity index (χ2v) is 5.91. The number of aromatic amines is 1. The second-order valence-electron chi connectivity index (χ2n) is 5.91. The maximum atomic E-state index is 12.3. The van der Waals surface area contributed by atoms with Gasteiger partial charge in [0.15, 0.2) is 0 Å². The van der Waals surface area contributed by atoms with Crippen molar-refractivity contribution in [3.63, 3.8) is 0 Å². The third kappa shape index (κ3) is 3.76. The van der Waals surface area contributed by atoms with E-state index in [1.165, 1.54) is 0 Å². The van der Waals surface area contributed by atoms with Crippen LogP contribution in [0.25, 0.3) is 0 Å². The molecule has 1 aliphatic heterocycles. The van der Waals surface area contributed by atoms with Crippen LogP contribution in [0.3, 0.4) is 0 Å². The van der Waals surface area contributed by atoms with Crippen LogP contribution < -0.4 is 5.32 Å². The van der Waals surface area contributed by atoms with Crippen molar-refractivity contribution in [3.05, 3.63) is 41.6 Å². The molecule has 1 unspecified atom stereocenters. The summed E-state index contributed by atoms with van der Waals surface area (Å²) in [7, 11) is 0. The molecular formula is C16H22N4O2. The van der Waals surface area contributed by atoms with E-state index in [9.17, 15) is 4.79 Å². The highest BCUT2D eigenvalue weighted by molar-refractivity contribution is 5.78. The van der Waals surface area contributed by atoms with Crippen LogP contribution in [0.15, 0.2) is 28.9 Å². The third-order valence-corrected chi connectivity index (χ3v) is 4.04. The summed E-state index contributed by atoms with van der Waals surface area (Å²) in [4.78, 5) is 14.6. The number of piperidine rings is 1. The largest absolute Gasteiger partial charge is 0.468 e. The Morgan fingerprint density at radius 3 is 3.23 bits per heavy atom. The fourth-order valence-corrected chi connectivity index (χ4v) is 2.92. The summed E-state index contributed by atoms with van der Waals surface area (Å²) < 4.78 is 5.39. The zero-order valence-electron chi connectivity index (χ0n) is 12.8. The molecule has 2 aromatic heterocycles. The van der Waals surface area contributed by atoms with Crippen LogP contribution in [0.4, 0.5) is 0 Å². The van der Waals surface area contributed by atoms with E-state index >= 15 is 0 Å². The van der Waals surface area contributed by atoms with E-state index in [1.54, 1.807) is 6.26 Å². The molecule has 0 aromatic carbocycles. The summed E-state index contributed by atoms with van der Waals surface area (Å²) in [5, 5.41) is 10.0. The Morgan fingerprint density at radius 1 is 1.59 bits per heavy atom. The summed E-state index contributed by atoms with van der Waals surface area (Å²) in [5.41, 5.74) is 1.88. The van der Waals surface area contributed by atoms with Gasteiger partial charge in [-0.2, -0.15) is 5.10 Å². The topological polar surface area (TPSA) is 74.2 Å². The molecule has 0 bridgehead atoms. The Bertz CT molecular complexity index is 605. The average molecular weight is 302 g/mol. The number of carbonyl (C=O) groups excluding carboxylic acids is 1. The zero-order chi connectivity index (χ0) is 15.4. The summed E-state index contributed by atoms with van der Waals surface area (Å²) in [6, 6.07) is 5.82. The highest BCUT2D eigenvalue weighted by atomic mass is 16.3. The number of furan rings is 1. The SMILES string of the molecule is Cc1cc(CNC(=O)C2CCCN(Cc3ccco3)C2)n[nH]1. The van der Waals surface area contributed by atoms with E-state index in [0.29, 0.717) is 6.54 Å². The van der Waals surface area contributed by atoms with E-state index in [-0.39, 0.29) is 11.8 Å². The lowest BCUT2D eigenvalue weighted by Gasteiger charge is -2.31. The molecule has 1 saturated heterocycles. The van der Waals surface area contributed by atoms with Crippen molar-refractivity contribution in [3.8, 4) is 0 Å². The first-order valence-corrected chi connectivity index (χ1v) is 7.74. The van der Waals surface area contributed by atoms with Crippen LogP contribution in [0.2, 0.25) is 0 Å². The van der Waals surface area contributed by atoms with E-state index < -0.39 is 0 Å².